The van der Waals surface area contributed by atoms with Gasteiger partial charge in [0.25, 0.3) is 0 Å². The van der Waals surface area contributed by atoms with Crippen molar-refractivity contribution in [3.8, 4) is 0 Å². The van der Waals surface area contributed by atoms with E-state index in [2.05, 4.69) is 4.74 Å². The first-order valence-electron chi connectivity index (χ1n) is 7.39. The number of ether oxygens (including phenoxy) is 5. The zero-order valence-corrected chi connectivity index (χ0v) is 14.1. The minimum Gasteiger partial charge on any atom is -0.469 e. The Bertz CT molecular complexity index is 435. The second kappa shape index (κ2) is 8.83. The van der Waals surface area contributed by atoms with Gasteiger partial charge in [0.1, 0.15) is 6.10 Å². The molecule has 1 fully saturated rings. The van der Waals surface area contributed by atoms with Crippen molar-refractivity contribution in [2.24, 2.45) is 5.92 Å². The number of hydrogen-bond donors (Lipinski definition) is 0. The van der Waals surface area contributed by atoms with Crippen LogP contribution in [0.5, 0.6) is 0 Å². The van der Waals surface area contributed by atoms with E-state index in [0.717, 1.165) is 0 Å². The molecular formula is C15H24O8. The molecule has 1 rings (SSSR count). The quantitative estimate of drug-likeness (QED) is 0.521. The Kier molecular flexibility index (Phi) is 7.44. The van der Waals surface area contributed by atoms with Gasteiger partial charge in [-0.25, -0.2) is 0 Å². The summed E-state index contributed by atoms with van der Waals surface area (Å²) >= 11 is 0. The van der Waals surface area contributed by atoms with Crippen LogP contribution in [0, 0.1) is 5.92 Å². The van der Waals surface area contributed by atoms with Gasteiger partial charge in [0.05, 0.1) is 13.2 Å². The van der Waals surface area contributed by atoms with Gasteiger partial charge in [0, 0.05) is 33.3 Å². The van der Waals surface area contributed by atoms with Gasteiger partial charge in [-0.15, -0.1) is 0 Å². The highest BCUT2D eigenvalue weighted by Crippen LogP contribution is 2.33. The summed E-state index contributed by atoms with van der Waals surface area (Å²) in [5.74, 6) is -1.71. The third-order valence-corrected chi connectivity index (χ3v) is 3.68. The van der Waals surface area contributed by atoms with Crippen LogP contribution in [0.3, 0.4) is 0 Å². The second-order valence-corrected chi connectivity index (χ2v) is 5.40. The van der Waals surface area contributed by atoms with Gasteiger partial charge in [-0.2, -0.15) is 0 Å². The first-order chi connectivity index (χ1) is 10.8. The number of rotatable bonds is 6. The fourth-order valence-corrected chi connectivity index (χ4v) is 2.61. The first-order valence-corrected chi connectivity index (χ1v) is 7.39. The summed E-state index contributed by atoms with van der Waals surface area (Å²) in [6, 6.07) is 0. The number of esters is 3. The van der Waals surface area contributed by atoms with Crippen LogP contribution in [0.15, 0.2) is 0 Å². The van der Waals surface area contributed by atoms with Crippen LogP contribution >= 0.6 is 0 Å². The first kappa shape index (κ1) is 19.4. The molecule has 1 aliphatic rings. The van der Waals surface area contributed by atoms with Crippen LogP contribution in [0.25, 0.3) is 0 Å². The molecular weight excluding hydrogens is 308 g/mol. The Morgan fingerprint density at radius 1 is 1.00 bits per heavy atom. The minimum atomic E-state index is -0.802. The number of hydrogen-bond acceptors (Lipinski definition) is 8. The zero-order valence-electron chi connectivity index (χ0n) is 14.1. The minimum absolute atomic E-state index is 0.111. The van der Waals surface area contributed by atoms with Crippen LogP contribution in [-0.2, 0) is 38.1 Å². The highest BCUT2D eigenvalue weighted by atomic mass is 16.7. The van der Waals surface area contributed by atoms with Crippen molar-refractivity contribution in [2.75, 3.05) is 14.2 Å². The van der Waals surface area contributed by atoms with E-state index in [1.165, 1.54) is 28.1 Å². The van der Waals surface area contributed by atoms with E-state index in [1.54, 1.807) is 6.92 Å². The van der Waals surface area contributed by atoms with Crippen molar-refractivity contribution in [1.82, 2.24) is 0 Å². The summed E-state index contributed by atoms with van der Waals surface area (Å²) in [7, 11) is 2.72. The lowest BCUT2D eigenvalue weighted by molar-refractivity contribution is -0.283. The Morgan fingerprint density at radius 3 is 2.04 bits per heavy atom. The van der Waals surface area contributed by atoms with E-state index in [-0.39, 0.29) is 18.3 Å². The standard InChI is InChI=1S/C15H24O8/c1-8-13(21-9(2)16)11(6-7-12(18)19-4)23-15(20-5)14(8)22-10(3)17/h8,11,13-15H,6-7H2,1-5H3/t8-,11-,13-,14+,15+/m0/s1. The lowest BCUT2D eigenvalue weighted by Crippen LogP contribution is -2.56. The number of carbonyl (C=O) groups is 3. The molecule has 0 spiro atoms. The molecule has 0 amide bonds. The molecule has 5 atom stereocenters. The summed E-state index contributed by atoms with van der Waals surface area (Å²) in [6.07, 6.45) is -2.33. The molecule has 0 aromatic rings. The molecule has 0 aliphatic carbocycles. The molecule has 8 nitrogen and oxygen atoms in total. The predicted molar refractivity (Wildman–Crippen MR) is 77.2 cm³/mol. The van der Waals surface area contributed by atoms with Gasteiger partial charge in [0.15, 0.2) is 12.4 Å². The largest absolute Gasteiger partial charge is 0.469 e. The maximum Gasteiger partial charge on any atom is 0.305 e. The smallest absolute Gasteiger partial charge is 0.305 e. The van der Waals surface area contributed by atoms with Crippen molar-refractivity contribution in [3.63, 3.8) is 0 Å². The summed E-state index contributed by atoms with van der Waals surface area (Å²) < 4.78 is 26.2. The van der Waals surface area contributed by atoms with Gasteiger partial charge >= 0.3 is 17.9 Å². The lowest BCUT2D eigenvalue weighted by atomic mass is 9.88. The number of carbonyl (C=O) groups excluding carboxylic acids is 3. The summed E-state index contributed by atoms with van der Waals surface area (Å²) in [6.45, 7) is 4.35. The summed E-state index contributed by atoms with van der Waals surface area (Å²) in [5.41, 5.74) is 0. The molecule has 0 aromatic heterocycles. The van der Waals surface area contributed by atoms with E-state index < -0.39 is 36.5 Å². The van der Waals surface area contributed by atoms with E-state index in [0.29, 0.717) is 6.42 Å². The summed E-state index contributed by atoms with van der Waals surface area (Å²) in [4.78, 5) is 34.0. The monoisotopic (exact) mass is 332 g/mol. The Morgan fingerprint density at radius 2 is 1.57 bits per heavy atom. The van der Waals surface area contributed by atoms with Gasteiger partial charge in [-0.05, 0) is 6.42 Å². The van der Waals surface area contributed by atoms with E-state index in [1.807, 2.05) is 0 Å². The molecule has 0 unspecified atom stereocenters. The van der Waals surface area contributed by atoms with Gasteiger partial charge in [-0.1, -0.05) is 6.92 Å². The van der Waals surface area contributed by atoms with Crippen molar-refractivity contribution in [1.29, 1.82) is 0 Å². The van der Waals surface area contributed by atoms with Gasteiger partial charge < -0.3 is 23.7 Å². The molecule has 1 saturated heterocycles. The molecule has 23 heavy (non-hydrogen) atoms. The fraction of sp³-hybridized carbons (Fsp3) is 0.800. The molecule has 1 heterocycles. The molecule has 1 aliphatic heterocycles. The third-order valence-electron chi connectivity index (χ3n) is 3.68. The average Bonchev–Trinajstić information content (AvgIpc) is 2.49. The summed E-state index contributed by atoms with van der Waals surface area (Å²) in [5, 5.41) is 0. The molecule has 0 radical (unpaired) electrons. The van der Waals surface area contributed by atoms with Gasteiger partial charge in [0.2, 0.25) is 0 Å². The molecule has 0 bridgehead atoms. The SMILES string of the molecule is COC(=O)CC[C@@H]1O[C@@H](OC)[C@H](OC(C)=O)[C@@H](C)[C@@H]1OC(C)=O. The Balaban J connectivity index is 2.92. The highest BCUT2D eigenvalue weighted by molar-refractivity contribution is 5.69. The predicted octanol–water partition coefficient (Wildman–Crippen LogP) is 0.810. The maximum atomic E-state index is 11.4. The van der Waals surface area contributed by atoms with Crippen LogP contribution in [0.2, 0.25) is 0 Å². The van der Waals surface area contributed by atoms with Crippen molar-refractivity contribution < 1.29 is 38.1 Å². The topological polar surface area (TPSA) is 97.4 Å². The van der Waals surface area contributed by atoms with Crippen LogP contribution < -0.4 is 0 Å². The van der Waals surface area contributed by atoms with Crippen LogP contribution in [-0.4, -0.2) is 56.7 Å². The Labute approximate surface area is 135 Å². The van der Waals surface area contributed by atoms with Crippen LogP contribution in [0.4, 0.5) is 0 Å². The van der Waals surface area contributed by atoms with Crippen LogP contribution in [0.1, 0.15) is 33.6 Å². The van der Waals surface area contributed by atoms with Crippen molar-refractivity contribution >= 4 is 17.9 Å². The van der Waals surface area contributed by atoms with Crippen molar-refractivity contribution in [2.45, 2.75) is 58.2 Å². The van der Waals surface area contributed by atoms with E-state index in [9.17, 15) is 14.4 Å². The third kappa shape index (κ3) is 5.47. The van der Waals surface area contributed by atoms with Crippen molar-refractivity contribution in [3.05, 3.63) is 0 Å². The molecule has 8 heteroatoms. The highest BCUT2D eigenvalue weighted by Gasteiger charge is 2.47. The average molecular weight is 332 g/mol. The number of methoxy groups -OCH3 is 2. The fourth-order valence-electron chi connectivity index (χ4n) is 2.61. The van der Waals surface area contributed by atoms with Gasteiger partial charge in [-0.3, -0.25) is 14.4 Å². The maximum absolute atomic E-state index is 11.4. The molecule has 0 saturated carbocycles. The zero-order chi connectivity index (χ0) is 17.6. The molecule has 0 aromatic carbocycles. The van der Waals surface area contributed by atoms with E-state index in [4.69, 9.17) is 18.9 Å². The second-order valence-electron chi connectivity index (χ2n) is 5.40. The van der Waals surface area contributed by atoms with E-state index >= 15 is 0 Å². The lowest BCUT2D eigenvalue weighted by Gasteiger charge is -2.43. The molecule has 0 N–H and O–H groups in total. The normalized spacial score (nSPS) is 30.4. The Hall–Kier alpha value is -1.67. The molecule has 132 valence electrons.